The van der Waals surface area contributed by atoms with Gasteiger partial charge in [0.25, 0.3) is 5.56 Å². The van der Waals surface area contributed by atoms with Crippen LogP contribution in [-0.2, 0) is 10.9 Å². The van der Waals surface area contributed by atoms with E-state index in [-0.39, 0.29) is 29.3 Å². The summed E-state index contributed by atoms with van der Waals surface area (Å²) >= 11 is 0. The van der Waals surface area contributed by atoms with Crippen molar-refractivity contribution in [3.8, 4) is 11.3 Å². The molecule has 0 fully saturated rings. The van der Waals surface area contributed by atoms with Crippen LogP contribution in [0.2, 0.25) is 0 Å². The van der Waals surface area contributed by atoms with Crippen molar-refractivity contribution in [3.63, 3.8) is 0 Å². The lowest BCUT2D eigenvalue weighted by atomic mass is 9.92. The van der Waals surface area contributed by atoms with E-state index in [0.29, 0.717) is 6.07 Å². The average molecular weight is 479 g/mol. The zero-order valence-electron chi connectivity index (χ0n) is 17.9. The summed E-state index contributed by atoms with van der Waals surface area (Å²) in [6.45, 7) is 2.74. The molecule has 1 unspecified atom stereocenters. The molecule has 0 amide bonds. The number of carbonyl (C=O) groups is 1. The molecule has 0 bridgehead atoms. The number of benzene rings is 2. The molecule has 0 radical (unpaired) electrons. The number of aromatic nitrogens is 2. The minimum absolute atomic E-state index is 0.0981. The fourth-order valence-electron chi connectivity index (χ4n) is 3.37. The third-order valence-corrected chi connectivity index (χ3v) is 4.88. The predicted molar refractivity (Wildman–Crippen MR) is 113 cm³/mol. The molecule has 0 aliphatic heterocycles. The normalized spacial score (nSPS) is 12.3. The number of aromatic amines is 1. The Hall–Kier alpha value is -3.89. The molecule has 0 aliphatic rings. The Balaban J connectivity index is 2.24. The second-order valence-electron chi connectivity index (χ2n) is 7.26. The summed E-state index contributed by atoms with van der Waals surface area (Å²) in [5, 5.41) is 8.12. The van der Waals surface area contributed by atoms with E-state index in [1.165, 1.54) is 13.8 Å². The maximum absolute atomic E-state index is 14.6. The first-order chi connectivity index (χ1) is 15.9. The minimum atomic E-state index is -4.57. The molecular weight excluding hydrogens is 461 g/mol. The van der Waals surface area contributed by atoms with Gasteiger partial charge in [-0.25, -0.2) is 18.6 Å². The van der Waals surface area contributed by atoms with Crippen molar-refractivity contribution in [2.75, 3.05) is 6.61 Å². The predicted octanol–water partition coefficient (Wildman–Crippen LogP) is 5.08. The molecule has 1 aromatic heterocycles. The Morgan fingerprint density at radius 1 is 1.15 bits per heavy atom. The van der Waals surface area contributed by atoms with Crippen LogP contribution < -0.4 is 5.56 Å². The molecule has 3 aromatic rings. The second-order valence-corrected chi connectivity index (χ2v) is 7.26. The maximum atomic E-state index is 14.6. The molecule has 6 nitrogen and oxygen atoms in total. The van der Waals surface area contributed by atoms with Crippen molar-refractivity contribution in [2.45, 2.75) is 25.9 Å². The van der Waals surface area contributed by atoms with Crippen LogP contribution in [0.5, 0.6) is 0 Å². The third kappa shape index (κ3) is 5.03. The number of nitrogens with zero attached hydrogens (tertiary/aromatic N) is 1. The molecule has 34 heavy (non-hydrogen) atoms. The van der Waals surface area contributed by atoms with E-state index in [1.54, 1.807) is 0 Å². The van der Waals surface area contributed by atoms with Gasteiger partial charge in [0.1, 0.15) is 17.5 Å². The highest BCUT2D eigenvalue weighted by molar-refractivity contribution is 5.96. The van der Waals surface area contributed by atoms with Crippen LogP contribution in [0.4, 0.5) is 22.0 Å². The summed E-state index contributed by atoms with van der Waals surface area (Å²) in [5.74, 6) is -4.44. The Labute approximate surface area is 189 Å². The SMILES string of the molecule is CCOC(=O)c1c(-c2ccc(F)cc2F)nc(C(C(C)=N)c2ccc(C(F)(F)F)cc2)[nH]c1=O. The second kappa shape index (κ2) is 9.54. The molecule has 0 saturated heterocycles. The van der Waals surface area contributed by atoms with Crippen molar-refractivity contribution in [1.29, 1.82) is 5.41 Å². The number of carbonyl (C=O) groups excluding carboxylic acids is 1. The van der Waals surface area contributed by atoms with E-state index in [1.807, 2.05) is 0 Å². The Morgan fingerprint density at radius 3 is 2.32 bits per heavy atom. The Kier molecular flexibility index (Phi) is 6.94. The van der Waals surface area contributed by atoms with Crippen LogP contribution in [0.3, 0.4) is 0 Å². The quantitative estimate of drug-likeness (QED) is 0.293. The summed E-state index contributed by atoms with van der Waals surface area (Å²) in [7, 11) is 0. The Bertz CT molecular complexity index is 1300. The van der Waals surface area contributed by atoms with Crippen LogP contribution >= 0.6 is 0 Å². The highest BCUT2D eigenvalue weighted by Crippen LogP contribution is 2.32. The lowest BCUT2D eigenvalue weighted by Crippen LogP contribution is -2.27. The van der Waals surface area contributed by atoms with Crippen molar-refractivity contribution >= 4 is 11.7 Å². The molecule has 11 heteroatoms. The highest BCUT2D eigenvalue weighted by Gasteiger charge is 2.31. The van der Waals surface area contributed by atoms with Gasteiger partial charge in [0.05, 0.1) is 23.8 Å². The van der Waals surface area contributed by atoms with Gasteiger partial charge in [-0.1, -0.05) is 12.1 Å². The number of H-pyrrole nitrogens is 1. The summed E-state index contributed by atoms with van der Waals surface area (Å²) < 4.78 is 71.7. The number of alkyl halides is 3. The first kappa shape index (κ1) is 24.7. The Morgan fingerprint density at radius 2 is 1.79 bits per heavy atom. The van der Waals surface area contributed by atoms with Gasteiger partial charge < -0.3 is 15.1 Å². The van der Waals surface area contributed by atoms with E-state index in [4.69, 9.17) is 10.1 Å². The van der Waals surface area contributed by atoms with Crippen molar-refractivity contribution < 1.29 is 31.5 Å². The summed E-state index contributed by atoms with van der Waals surface area (Å²) in [4.78, 5) is 31.8. The van der Waals surface area contributed by atoms with Crippen LogP contribution in [-0.4, -0.2) is 28.3 Å². The van der Waals surface area contributed by atoms with Gasteiger partial charge in [0.15, 0.2) is 5.56 Å². The molecular formula is C23H18F5N3O3. The van der Waals surface area contributed by atoms with Gasteiger partial charge in [-0.2, -0.15) is 13.2 Å². The monoisotopic (exact) mass is 479 g/mol. The summed E-state index contributed by atoms with van der Waals surface area (Å²) in [6, 6.07) is 6.33. The number of esters is 1. The number of hydrogen-bond acceptors (Lipinski definition) is 5. The molecule has 3 rings (SSSR count). The first-order valence-corrected chi connectivity index (χ1v) is 9.93. The van der Waals surface area contributed by atoms with Gasteiger partial charge in [-0.05, 0) is 43.7 Å². The van der Waals surface area contributed by atoms with E-state index >= 15 is 0 Å². The van der Waals surface area contributed by atoms with Gasteiger partial charge in [-0.3, -0.25) is 4.79 Å². The molecule has 0 saturated carbocycles. The molecule has 178 valence electrons. The van der Waals surface area contributed by atoms with E-state index in [9.17, 15) is 31.5 Å². The summed E-state index contributed by atoms with van der Waals surface area (Å²) in [6.07, 6.45) is -4.57. The fraction of sp³-hybridized carbons (Fsp3) is 0.217. The van der Waals surface area contributed by atoms with Gasteiger partial charge in [0, 0.05) is 17.3 Å². The zero-order valence-corrected chi connectivity index (χ0v) is 17.9. The highest BCUT2D eigenvalue weighted by atomic mass is 19.4. The fourth-order valence-corrected chi connectivity index (χ4v) is 3.37. The number of halogens is 5. The van der Waals surface area contributed by atoms with E-state index in [0.717, 1.165) is 36.4 Å². The zero-order chi connectivity index (χ0) is 25.2. The van der Waals surface area contributed by atoms with Gasteiger partial charge >= 0.3 is 12.1 Å². The lowest BCUT2D eigenvalue weighted by Gasteiger charge is -2.18. The standard InChI is InChI=1S/C23H18F5N3O3/c1-3-34-22(33)18-19(15-9-8-14(24)10-16(15)25)30-20(31-21(18)32)17(11(2)29)12-4-6-13(7-5-12)23(26,27)28/h4-10,17,29H,3H2,1-2H3,(H,30,31,32). The molecule has 1 atom stereocenters. The van der Waals surface area contributed by atoms with Crippen LogP contribution in [0.25, 0.3) is 11.3 Å². The minimum Gasteiger partial charge on any atom is -0.462 e. The largest absolute Gasteiger partial charge is 0.462 e. The van der Waals surface area contributed by atoms with Crippen LogP contribution in [0.15, 0.2) is 47.3 Å². The molecule has 0 spiro atoms. The maximum Gasteiger partial charge on any atom is 0.416 e. The van der Waals surface area contributed by atoms with Gasteiger partial charge in [-0.15, -0.1) is 0 Å². The van der Waals surface area contributed by atoms with Crippen molar-refractivity contribution in [2.24, 2.45) is 0 Å². The summed E-state index contributed by atoms with van der Waals surface area (Å²) in [5.41, 5.74) is -3.29. The van der Waals surface area contributed by atoms with Crippen LogP contribution in [0, 0.1) is 17.0 Å². The lowest BCUT2D eigenvalue weighted by molar-refractivity contribution is -0.137. The molecule has 0 aliphatic carbocycles. The molecule has 2 N–H and O–H groups in total. The van der Waals surface area contributed by atoms with Crippen LogP contribution in [0.1, 0.15) is 47.1 Å². The smallest absolute Gasteiger partial charge is 0.416 e. The van der Waals surface area contributed by atoms with E-state index in [2.05, 4.69) is 9.97 Å². The average Bonchev–Trinajstić information content (AvgIpc) is 2.73. The molecule has 1 heterocycles. The van der Waals surface area contributed by atoms with Gasteiger partial charge in [0.2, 0.25) is 0 Å². The number of ether oxygens (including phenoxy) is 1. The third-order valence-electron chi connectivity index (χ3n) is 4.88. The number of hydrogen-bond donors (Lipinski definition) is 2. The van der Waals surface area contributed by atoms with Crippen molar-refractivity contribution in [1.82, 2.24) is 9.97 Å². The van der Waals surface area contributed by atoms with Crippen molar-refractivity contribution in [3.05, 3.63) is 87.0 Å². The topological polar surface area (TPSA) is 95.9 Å². The number of rotatable bonds is 6. The molecule has 2 aromatic carbocycles. The number of nitrogens with one attached hydrogen (secondary N) is 2. The van der Waals surface area contributed by atoms with E-state index < -0.39 is 52.1 Å². The first-order valence-electron chi connectivity index (χ1n) is 9.93.